The first-order chi connectivity index (χ1) is 6.20. The maximum Gasteiger partial charge on any atom is 0.320 e. The lowest BCUT2D eigenvalue weighted by molar-refractivity contribution is -0.138. The minimum Gasteiger partial charge on any atom is -0.480 e. The molecule has 0 aliphatic carbocycles. The van der Waals surface area contributed by atoms with Gasteiger partial charge < -0.3 is 15.7 Å². The van der Waals surface area contributed by atoms with Gasteiger partial charge in [-0.1, -0.05) is 0 Å². The Bertz CT molecular complexity index is 167. The van der Waals surface area contributed by atoms with Crippen molar-refractivity contribution in [1.82, 2.24) is 4.90 Å². The zero-order chi connectivity index (χ0) is 9.68. The highest BCUT2D eigenvalue weighted by atomic mass is 16.4. The highest BCUT2D eigenvalue weighted by molar-refractivity contribution is 5.72. The summed E-state index contributed by atoms with van der Waals surface area (Å²) in [4.78, 5) is 12.8. The molecule has 76 valence electrons. The summed E-state index contributed by atoms with van der Waals surface area (Å²) in [5.74, 6) is -0.888. The molecule has 1 atom stereocenters. The molecule has 0 aromatic rings. The third-order valence-electron chi connectivity index (χ3n) is 2.51. The first-order valence-corrected chi connectivity index (χ1v) is 4.91. The molecule has 1 aliphatic heterocycles. The van der Waals surface area contributed by atoms with E-state index in [0.29, 0.717) is 6.42 Å². The number of nitrogens with two attached hydrogens (primary N) is 1. The minimum atomic E-state index is -0.888. The van der Waals surface area contributed by atoms with Crippen molar-refractivity contribution in [3.8, 4) is 0 Å². The molecule has 1 aliphatic rings. The van der Waals surface area contributed by atoms with Crippen LogP contribution in [0.15, 0.2) is 0 Å². The lowest BCUT2D eigenvalue weighted by Crippen LogP contribution is -2.31. The number of hydrogen-bond acceptors (Lipinski definition) is 3. The van der Waals surface area contributed by atoms with E-state index in [2.05, 4.69) is 4.90 Å². The van der Waals surface area contributed by atoms with Gasteiger partial charge >= 0.3 is 5.97 Å². The fourth-order valence-electron chi connectivity index (χ4n) is 1.66. The number of rotatable bonds is 5. The minimum absolute atomic E-state index is 0.589. The molecule has 1 heterocycles. The second kappa shape index (κ2) is 5.19. The summed E-state index contributed by atoms with van der Waals surface area (Å²) in [7, 11) is 0. The Morgan fingerprint density at radius 1 is 1.46 bits per heavy atom. The predicted molar refractivity (Wildman–Crippen MR) is 50.5 cm³/mol. The van der Waals surface area contributed by atoms with Crippen molar-refractivity contribution < 1.29 is 9.90 Å². The van der Waals surface area contributed by atoms with Gasteiger partial charge in [0.25, 0.3) is 0 Å². The normalized spacial score (nSPS) is 20.4. The van der Waals surface area contributed by atoms with Crippen LogP contribution in [0.5, 0.6) is 0 Å². The van der Waals surface area contributed by atoms with E-state index >= 15 is 0 Å². The van der Waals surface area contributed by atoms with E-state index in [0.717, 1.165) is 13.0 Å². The number of likely N-dealkylation sites (tertiary alicyclic amines) is 1. The molecule has 1 unspecified atom stereocenters. The second-order valence-electron chi connectivity index (χ2n) is 3.64. The molecule has 4 nitrogen and oxygen atoms in total. The van der Waals surface area contributed by atoms with Crippen LogP contribution >= 0.6 is 0 Å². The van der Waals surface area contributed by atoms with Crippen LogP contribution in [-0.4, -0.2) is 41.7 Å². The number of carboxylic acid groups (broad SMARTS) is 1. The molecule has 0 radical (unpaired) electrons. The van der Waals surface area contributed by atoms with Gasteiger partial charge in [-0.2, -0.15) is 0 Å². The lowest BCUT2D eigenvalue weighted by Gasteiger charge is -2.14. The van der Waals surface area contributed by atoms with E-state index in [1.54, 1.807) is 0 Å². The van der Waals surface area contributed by atoms with Crippen LogP contribution in [0.3, 0.4) is 0 Å². The van der Waals surface area contributed by atoms with Crippen molar-refractivity contribution in [2.24, 2.45) is 5.73 Å². The van der Waals surface area contributed by atoms with Crippen LogP contribution in [0.25, 0.3) is 0 Å². The summed E-state index contributed by atoms with van der Waals surface area (Å²) in [6.45, 7) is 3.34. The van der Waals surface area contributed by atoms with E-state index < -0.39 is 12.0 Å². The molecule has 1 rings (SSSR count). The topological polar surface area (TPSA) is 66.6 Å². The van der Waals surface area contributed by atoms with Gasteiger partial charge in [0.2, 0.25) is 0 Å². The molecule has 0 saturated carbocycles. The molecule has 0 bridgehead atoms. The van der Waals surface area contributed by atoms with Crippen molar-refractivity contribution in [1.29, 1.82) is 0 Å². The summed E-state index contributed by atoms with van der Waals surface area (Å²) >= 11 is 0. The third kappa shape index (κ3) is 3.74. The largest absolute Gasteiger partial charge is 0.480 e. The van der Waals surface area contributed by atoms with Crippen molar-refractivity contribution in [3.05, 3.63) is 0 Å². The van der Waals surface area contributed by atoms with Crippen molar-refractivity contribution in [2.45, 2.75) is 31.7 Å². The monoisotopic (exact) mass is 186 g/mol. The van der Waals surface area contributed by atoms with Gasteiger partial charge in [-0.05, 0) is 45.3 Å². The molecular weight excluding hydrogens is 168 g/mol. The molecule has 13 heavy (non-hydrogen) atoms. The summed E-state index contributed by atoms with van der Waals surface area (Å²) < 4.78 is 0. The van der Waals surface area contributed by atoms with Gasteiger partial charge in [0.15, 0.2) is 0 Å². The molecule has 0 aromatic heterocycles. The van der Waals surface area contributed by atoms with E-state index in [4.69, 9.17) is 10.8 Å². The molecule has 1 fully saturated rings. The van der Waals surface area contributed by atoms with Gasteiger partial charge in [-0.25, -0.2) is 0 Å². The first-order valence-electron chi connectivity index (χ1n) is 4.91. The Balaban J connectivity index is 2.02. The highest BCUT2D eigenvalue weighted by Gasteiger charge is 2.14. The zero-order valence-corrected chi connectivity index (χ0v) is 7.91. The standard InChI is InChI=1S/C9H18N2O2/c10-8(9(12)13)4-3-7-11-5-1-2-6-11/h8H,1-7,10H2,(H,12,13). The van der Waals surface area contributed by atoms with Crippen LogP contribution in [0.2, 0.25) is 0 Å². The SMILES string of the molecule is NC(CCCN1CCCC1)C(=O)O. The van der Waals surface area contributed by atoms with Gasteiger partial charge in [0, 0.05) is 0 Å². The average Bonchev–Trinajstić information content (AvgIpc) is 2.56. The van der Waals surface area contributed by atoms with Crippen molar-refractivity contribution in [3.63, 3.8) is 0 Å². The molecule has 3 N–H and O–H groups in total. The van der Waals surface area contributed by atoms with Gasteiger partial charge in [-0.15, -0.1) is 0 Å². The molecule has 0 amide bonds. The Morgan fingerprint density at radius 3 is 2.62 bits per heavy atom. The quantitative estimate of drug-likeness (QED) is 0.647. The van der Waals surface area contributed by atoms with E-state index in [1.165, 1.54) is 25.9 Å². The second-order valence-corrected chi connectivity index (χ2v) is 3.64. The van der Waals surface area contributed by atoms with Crippen LogP contribution in [0.4, 0.5) is 0 Å². The summed E-state index contributed by atoms with van der Waals surface area (Å²) in [5.41, 5.74) is 5.38. The number of aliphatic carboxylic acids is 1. The molecular formula is C9H18N2O2. The number of nitrogens with zero attached hydrogens (tertiary/aromatic N) is 1. The van der Waals surface area contributed by atoms with E-state index in [9.17, 15) is 4.79 Å². The fraction of sp³-hybridized carbons (Fsp3) is 0.889. The van der Waals surface area contributed by atoms with Gasteiger partial charge in [0.1, 0.15) is 6.04 Å². The maximum atomic E-state index is 10.4. The van der Waals surface area contributed by atoms with E-state index in [1.807, 2.05) is 0 Å². The van der Waals surface area contributed by atoms with E-state index in [-0.39, 0.29) is 0 Å². The van der Waals surface area contributed by atoms with Crippen molar-refractivity contribution >= 4 is 5.97 Å². The molecule has 1 saturated heterocycles. The van der Waals surface area contributed by atoms with Crippen LogP contribution in [0.1, 0.15) is 25.7 Å². The summed E-state index contributed by atoms with van der Waals surface area (Å²) in [6, 6.07) is -0.678. The number of hydrogen-bond donors (Lipinski definition) is 2. The summed E-state index contributed by atoms with van der Waals surface area (Å²) in [6.07, 6.45) is 4.05. The summed E-state index contributed by atoms with van der Waals surface area (Å²) in [5, 5.41) is 8.54. The van der Waals surface area contributed by atoms with Crippen LogP contribution in [-0.2, 0) is 4.79 Å². The van der Waals surface area contributed by atoms with Gasteiger partial charge in [0.05, 0.1) is 0 Å². The Hall–Kier alpha value is -0.610. The Labute approximate surface area is 78.7 Å². The molecule has 4 heteroatoms. The smallest absolute Gasteiger partial charge is 0.320 e. The van der Waals surface area contributed by atoms with Gasteiger partial charge in [-0.3, -0.25) is 4.79 Å². The lowest BCUT2D eigenvalue weighted by atomic mass is 10.1. The van der Waals surface area contributed by atoms with Crippen LogP contribution in [0, 0.1) is 0 Å². The maximum absolute atomic E-state index is 10.4. The Kier molecular flexibility index (Phi) is 4.18. The number of carbonyl (C=O) groups is 1. The third-order valence-corrected chi connectivity index (χ3v) is 2.51. The fourth-order valence-corrected chi connectivity index (χ4v) is 1.66. The molecule has 0 spiro atoms. The zero-order valence-electron chi connectivity index (χ0n) is 7.91. The molecule has 0 aromatic carbocycles. The Morgan fingerprint density at radius 2 is 2.08 bits per heavy atom. The van der Waals surface area contributed by atoms with Crippen molar-refractivity contribution in [2.75, 3.05) is 19.6 Å². The average molecular weight is 186 g/mol. The number of carboxylic acids is 1. The predicted octanol–water partition coefficient (Wildman–Crippen LogP) is 0.274. The first kappa shape index (κ1) is 10.5. The highest BCUT2D eigenvalue weighted by Crippen LogP contribution is 2.08. The van der Waals surface area contributed by atoms with Crippen LogP contribution < -0.4 is 5.73 Å².